The van der Waals surface area contributed by atoms with Crippen LogP contribution in [0.25, 0.3) is 21.5 Å². The van der Waals surface area contributed by atoms with Crippen LogP contribution in [-0.2, 0) is 24.6 Å². The van der Waals surface area contributed by atoms with Gasteiger partial charge in [0.25, 0.3) is 0 Å². The van der Waals surface area contributed by atoms with E-state index in [0.717, 1.165) is 32.8 Å². The van der Waals surface area contributed by atoms with Gasteiger partial charge in [0.15, 0.2) is 9.84 Å². The van der Waals surface area contributed by atoms with Crippen LogP contribution in [0.3, 0.4) is 0 Å². The molecule has 192 valence electrons. The van der Waals surface area contributed by atoms with Gasteiger partial charge >= 0.3 is 29.6 Å². The molecule has 0 aliphatic heterocycles. The minimum absolute atomic E-state index is 0. The summed E-state index contributed by atoms with van der Waals surface area (Å²) in [5.74, 6) is -0.0191. The van der Waals surface area contributed by atoms with Gasteiger partial charge in [0.1, 0.15) is 10.4 Å². The molecule has 2 heterocycles. The molecule has 2 N–H and O–H groups in total. The number of aromatic nitrogens is 2. The predicted octanol–water partition coefficient (Wildman–Crippen LogP) is 2.62. The molecule has 0 aliphatic carbocycles. The molecule has 14 heteroatoms. The molecule has 0 amide bonds. The third-order valence-electron chi connectivity index (χ3n) is 4.05. The number of sulfone groups is 1. The van der Waals surface area contributed by atoms with Gasteiger partial charge < -0.3 is 7.16 Å². The van der Waals surface area contributed by atoms with Crippen molar-refractivity contribution in [2.45, 2.75) is 5.75 Å². The van der Waals surface area contributed by atoms with Crippen molar-refractivity contribution in [3.8, 4) is 0 Å². The summed E-state index contributed by atoms with van der Waals surface area (Å²) in [6, 6.07) is 15.1. The molecule has 0 unspecified atom stereocenters. The smallest absolute Gasteiger partial charge is 1.00 e. The second kappa shape index (κ2) is 17.3. The van der Waals surface area contributed by atoms with Gasteiger partial charge in [0.2, 0.25) is 9.05 Å². The Morgan fingerprint density at radius 1 is 0.889 bits per heavy atom. The van der Waals surface area contributed by atoms with Crippen LogP contribution in [0.4, 0.5) is 10.1 Å². The summed E-state index contributed by atoms with van der Waals surface area (Å²) in [4.78, 5) is 8.00. The second-order valence-electron chi connectivity index (χ2n) is 6.68. The Morgan fingerprint density at radius 2 is 1.36 bits per heavy atom. The molecule has 0 atom stereocenters. The van der Waals surface area contributed by atoms with E-state index in [4.69, 9.17) is 30.3 Å². The minimum atomic E-state index is -3.42. The van der Waals surface area contributed by atoms with Crippen molar-refractivity contribution in [2.75, 3.05) is 23.3 Å². The Labute approximate surface area is 249 Å². The number of fused-ring (bicyclic) bond motifs is 2. The van der Waals surface area contributed by atoms with Crippen LogP contribution in [-0.4, -0.2) is 44.4 Å². The maximum absolute atomic E-state index is 11.4. The molecule has 4 rings (SSSR count). The Hall–Kier alpha value is -1.24. The molecule has 7 nitrogen and oxygen atoms in total. The van der Waals surface area contributed by atoms with Gasteiger partial charge in [0.05, 0.1) is 14.3 Å². The van der Waals surface area contributed by atoms with Gasteiger partial charge in [-0.05, 0) is 40.6 Å². The summed E-state index contributed by atoms with van der Waals surface area (Å²) in [5, 5.41) is 3.38. The fourth-order valence-corrected chi connectivity index (χ4v) is 3.61. The van der Waals surface area contributed by atoms with Gasteiger partial charge in [0, 0.05) is 51.9 Å². The normalized spacial score (nSPS) is 10.8. The average Bonchev–Trinajstić information content (AvgIpc) is 2.84. The monoisotopic (exact) mass is 606 g/mol. The number of anilines is 1. The first-order chi connectivity index (χ1) is 16.9. The van der Waals surface area contributed by atoms with Crippen molar-refractivity contribution in [2.24, 2.45) is 0 Å². The van der Waals surface area contributed by atoms with Crippen LogP contribution in [0.15, 0.2) is 73.3 Å². The Kier molecular flexibility index (Phi) is 15.8. The first kappa shape index (κ1) is 32.8. The number of halogens is 4. The minimum Gasteiger partial charge on any atom is -1.00 e. The van der Waals surface area contributed by atoms with E-state index in [2.05, 4.69) is 20.7 Å². The van der Waals surface area contributed by atoms with Crippen LogP contribution in [0.2, 0.25) is 0 Å². The molecule has 0 saturated carbocycles. The number of rotatable bonds is 4. The number of hydrogen-bond acceptors (Lipinski definition) is 7. The Bertz CT molecular complexity index is 1470. The zero-order valence-electron chi connectivity index (χ0n) is 21.2. The van der Waals surface area contributed by atoms with Gasteiger partial charge in [-0.25, -0.2) is 16.8 Å². The van der Waals surface area contributed by atoms with Crippen LogP contribution in [0, 0.1) is 0 Å². The van der Waals surface area contributed by atoms with Crippen molar-refractivity contribution >= 4 is 80.0 Å². The third-order valence-corrected chi connectivity index (χ3v) is 7.94. The molecule has 0 fully saturated rings. The quantitative estimate of drug-likeness (QED) is 0.164. The molecular weight excluding hydrogens is 583 g/mol. The van der Waals surface area contributed by atoms with Crippen molar-refractivity contribution in [3.63, 3.8) is 0 Å². The number of nitrogens with zero attached hydrogens (tertiary/aromatic N) is 2. The maximum Gasteiger partial charge on any atom is 1.00 e. The van der Waals surface area contributed by atoms with E-state index >= 15 is 0 Å². The summed E-state index contributed by atoms with van der Waals surface area (Å²) >= 11 is 10.1. The molecule has 2 aromatic carbocycles. The van der Waals surface area contributed by atoms with Crippen LogP contribution in [0.1, 0.15) is 8.36 Å². The van der Waals surface area contributed by atoms with Crippen molar-refractivity contribution < 1.29 is 53.6 Å². The van der Waals surface area contributed by atoms with Gasteiger partial charge in [-0.1, -0.05) is 24.3 Å². The Morgan fingerprint density at radius 3 is 1.83 bits per heavy atom. The van der Waals surface area contributed by atoms with E-state index in [-0.39, 0.29) is 41.9 Å². The maximum atomic E-state index is 11.4. The number of nitrogen functional groups attached to an aromatic ring is 1. The zero-order valence-corrected chi connectivity index (χ0v) is 25.1. The standard InChI is InChI=1S/C11H10ClNO2S.C9H8N2.CH2Cl2O2S.CH3F.Na.H/c12-8-16(14,15)7-9-1-2-11-6-13-4-3-10(11)5-9;10-9-2-1-8-6-11-4-3-7(8)5-9;2-1-6(3,4)5;1-2;;/h1-6H,7-8H2;1-6H,10H2;1H2;1H3;;/q;;;;+1;-1/i;;;1D;;. The topological polar surface area (TPSA) is 120 Å². The van der Waals surface area contributed by atoms with E-state index < -0.39 is 31.3 Å². The third kappa shape index (κ3) is 13.3. The van der Waals surface area contributed by atoms with E-state index in [1.165, 1.54) is 0 Å². The molecule has 0 radical (unpaired) electrons. The first-order valence-corrected chi connectivity index (χ1v) is 14.8. The number of pyridine rings is 2. The summed E-state index contributed by atoms with van der Waals surface area (Å²) in [7, 11) is -3.06. The number of alkyl halides is 3. The molecule has 4 aromatic rings. The van der Waals surface area contributed by atoms with Crippen LogP contribution < -0.4 is 35.3 Å². The SMILES string of the molecule is Nc1ccc2cnccc2c1.O=S(=O)(CCl)Cc1ccc2cnccc2c1.O=S(=O)(Cl)CCl.[2H]CF.[H-].[Na+]. The predicted molar refractivity (Wildman–Crippen MR) is 145 cm³/mol. The fraction of sp³-hybridized carbons (Fsp3) is 0.182. The van der Waals surface area contributed by atoms with Crippen molar-refractivity contribution in [3.05, 3.63) is 78.9 Å². The first-order valence-electron chi connectivity index (χ1n) is 10.2. The largest absolute Gasteiger partial charge is 1.00 e. The molecule has 36 heavy (non-hydrogen) atoms. The number of hydrogen-bond donors (Lipinski definition) is 1. The van der Waals surface area contributed by atoms with E-state index in [0.29, 0.717) is 0 Å². The van der Waals surface area contributed by atoms with E-state index in [1.807, 2.05) is 48.7 Å². The zero-order chi connectivity index (χ0) is 27.2. The molecule has 0 bridgehead atoms. The molecular formula is C22H24Cl3FN3NaO4S2. The average molecular weight is 608 g/mol. The van der Waals surface area contributed by atoms with Crippen molar-refractivity contribution in [1.82, 2.24) is 9.97 Å². The van der Waals surface area contributed by atoms with Crippen molar-refractivity contribution in [1.29, 1.82) is 0 Å². The van der Waals surface area contributed by atoms with Crippen LogP contribution in [0.5, 0.6) is 0 Å². The summed E-state index contributed by atoms with van der Waals surface area (Å²) in [6.07, 6.45) is 7.02. The van der Waals surface area contributed by atoms with Gasteiger partial charge in [-0.2, -0.15) is 0 Å². The Balaban J connectivity index is 0. The number of nitrogens with two attached hydrogens (primary N) is 1. The number of benzene rings is 2. The molecule has 0 aliphatic rings. The summed E-state index contributed by atoms with van der Waals surface area (Å²) in [6.45, 7) is 0. The molecule has 2 aromatic heterocycles. The molecule has 0 saturated heterocycles. The molecule has 0 spiro atoms. The van der Waals surface area contributed by atoms with Gasteiger partial charge in [-0.15, -0.1) is 23.2 Å². The van der Waals surface area contributed by atoms with E-state index in [9.17, 15) is 21.2 Å². The second-order valence-corrected chi connectivity index (χ2v) is 12.7. The summed E-state index contributed by atoms with van der Waals surface area (Å²) < 4.78 is 57.5. The van der Waals surface area contributed by atoms with Crippen LogP contribution >= 0.6 is 33.9 Å². The summed E-state index contributed by atoms with van der Waals surface area (Å²) in [5.41, 5.74) is 7.15. The van der Waals surface area contributed by atoms with E-state index in [1.54, 1.807) is 24.7 Å². The fourth-order valence-electron chi connectivity index (χ4n) is 2.62. The van der Waals surface area contributed by atoms with Gasteiger partial charge in [-0.3, -0.25) is 14.4 Å².